The van der Waals surface area contributed by atoms with Gasteiger partial charge in [-0.1, -0.05) is 24.5 Å². The van der Waals surface area contributed by atoms with Crippen LogP contribution in [0.5, 0.6) is 11.5 Å². The van der Waals surface area contributed by atoms with Crippen LogP contribution < -0.4 is 14.4 Å². The van der Waals surface area contributed by atoms with E-state index in [1.165, 1.54) is 31.4 Å². The number of piperazine rings is 1. The highest BCUT2D eigenvalue weighted by molar-refractivity contribution is 5.97. The van der Waals surface area contributed by atoms with Gasteiger partial charge in [0, 0.05) is 44.5 Å². The predicted octanol–water partition coefficient (Wildman–Crippen LogP) is 4.61. The van der Waals surface area contributed by atoms with Gasteiger partial charge in [0.25, 0.3) is 5.91 Å². The molecule has 2 fully saturated rings. The lowest BCUT2D eigenvalue weighted by Gasteiger charge is -2.36. The first-order valence-corrected chi connectivity index (χ1v) is 12.7. The molecule has 1 saturated carbocycles. The van der Waals surface area contributed by atoms with E-state index in [0.29, 0.717) is 24.4 Å². The van der Waals surface area contributed by atoms with Crippen molar-refractivity contribution in [1.29, 1.82) is 0 Å². The van der Waals surface area contributed by atoms with Crippen LogP contribution in [-0.4, -0.2) is 75.2 Å². The van der Waals surface area contributed by atoms with Crippen LogP contribution in [0.25, 0.3) is 0 Å². The zero-order valence-electron chi connectivity index (χ0n) is 21.0. The van der Waals surface area contributed by atoms with Gasteiger partial charge in [-0.05, 0) is 69.6 Å². The first-order valence-electron chi connectivity index (χ1n) is 12.7. The fourth-order valence-electron chi connectivity index (χ4n) is 5.11. The highest BCUT2D eigenvalue weighted by Crippen LogP contribution is 2.25. The maximum atomic E-state index is 13.1. The van der Waals surface area contributed by atoms with Gasteiger partial charge in [0.1, 0.15) is 11.5 Å². The van der Waals surface area contributed by atoms with Gasteiger partial charge >= 0.3 is 0 Å². The van der Waals surface area contributed by atoms with Crippen LogP contribution in [0, 0.1) is 6.92 Å². The number of ether oxygens (including phenoxy) is 2. The summed E-state index contributed by atoms with van der Waals surface area (Å²) in [4.78, 5) is 19.8. The summed E-state index contributed by atoms with van der Waals surface area (Å²) < 4.78 is 11.4. The van der Waals surface area contributed by atoms with Gasteiger partial charge in [0.05, 0.1) is 19.3 Å². The van der Waals surface area contributed by atoms with Gasteiger partial charge in [0.15, 0.2) is 0 Å². The Morgan fingerprint density at radius 2 is 1.74 bits per heavy atom. The van der Waals surface area contributed by atoms with E-state index in [1.807, 2.05) is 30.0 Å². The van der Waals surface area contributed by atoms with Crippen LogP contribution in [0.3, 0.4) is 0 Å². The van der Waals surface area contributed by atoms with Crippen molar-refractivity contribution < 1.29 is 14.3 Å². The van der Waals surface area contributed by atoms with E-state index in [2.05, 4.69) is 41.1 Å². The number of carbonyl (C=O) groups excluding carboxylic acids is 1. The molecule has 6 nitrogen and oxygen atoms in total. The fraction of sp³-hybridized carbons (Fsp3) is 0.536. The van der Waals surface area contributed by atoms with E-state index in [1.54, 1.807) is 7.11 Å². The average Bonchev–Trinajstić information content (AvgIpc) is 3.42. The van der Waals surface area contributed by atoms with E-state index in [9.17, 15) is 4.79 Å². The Morgan fingerprint density at radius 1 is 1.03 bits per heavy atom. The Hall–Kier alpha value is -2.73. The Labute approximate surface area is 204 Å². The molecule has 1 aliphatic carbocycles. The van der Waals surface area contributed by atoms with Gasteiger partial charge in [-0.15, -0.1) is 0 Å². The smallest absolute Gasteiger partial charge is 0.257 e. The lowest BCUT2D eigenvalue weighted by Crippen LogP contribution is -2.48. The summed E-state index contributed by atoms with van der Waals surface area (Å²) in [6.45, 7) is 6.86. The maximum absolute atomic E-state index is 13.1. The van der Waals surface area contributed by atoms with Crippen LogP contribution in [0.15, 0.2) is 42.5 Å². The van der Waals surface area contributed by atoms with Gasteiger partial charge in [-0.3, -0.25) is 4.79 Å². The van der Waals surface area contributed by atoms with Crippen molar-refractivity contribution in [1.82, 2.24) is 9.80 Å². The second-order valence-electron chi connectivity index (χ2n) is 9.60. The quantitative estimate of drug-likeness (QED) is 0.506. The van der Waals surface area contributed by atoms with Crippen molar-refractivity contribution in [2.45, 2.75) is 45.1 Å². The van der Waals surface area contributed by atoms with Crippen LogP contribution >= 0.6 is 0 Å². The molecule has 0 N–H and O–H groups in total. The predicted molar refractivity (Wildman–Crippen MR) is 137 cm³/mol. The topological polar surface area (TPSA) is 45.3 Å². The molecular formula is C28H39N3O3. The monoisotopic (exact) mass is 465 g/mol. The molecule has 2 aromatic rings. The molecule has 0 atom stereocenters. The molecule has 34 heavy (non-hydrogen) atoms. The molecule has 0 aromatic heterocycles. The Kier molecular flexibility index (Phi) is 8.33. The molecule has 184 valence electrons. The lowest BCUT2D eigenvalue weighted by atomic mass is 10.1. The normalized spacial score (nSPS) is 16.8. The second kappa shape index (κ2) is 11.6. The molecule has 0 unspecified atom stereocenters. The summed E-state index contributed by atoms with van der Waals surface area (Å²) in [6.07, 6.45) is 6.51. The third-order valence-electron chi connectivity index (χ3n) is 7.23. The summed E-state index contributed by atoms with van der Waals surface area (Å²) in [6, 6.07) is 14.9. The largest absolute Gasteiger partial charge is 0.496 e. The van der Waals surface area contributed by atoms with E-state index in [-0.39, 0.29) is 5.91 Å². The summed E-state index contributed by atoms with van der Waals surface area (Å²) in [5.41, 5.74) is 2.88. The zero-order valence-corrected chi connectivity index (χ0v) is 21.0. The first-order chi connectivity index (χ1) is 16.5. The number of methoxy groups -OCH3 is 1. The summed E-state index contributed by atoms with van der Waals surface area (Å²) in [5.74, 6) is 1.61. The number of aryl methyl sites for hydroxylation is 1. The molecule has 0 radical (unpaired) electrons. The van der Waals surface area contributed by atoms with Crippen molar-refractivity contribution in [3.63, 3.8) is 0 Å². The van der Waals surface area contributed by atoms with E-state index >= 15 is 0 Å². The van der Waals surface area contributed by atoms with Crippen LogP contribution in [0.2, 0.25) is 0 Å². The van der Waals surface area contributed by atoms with Crippen LogP contribution in [-0.2, 0) is 0 Å². The van der Waals surface area contributed by atoms with E-state index < -0.39 is 0 Å². The van der Waals surface area contributed by atoms with Crippen LogP contribution in [0.4, 0.5) is 5.69 Å². The molecule has 0 spiro atoms. The fourth-order valence-corrected chi connectivity index (χ4v) is 5.11. The molecule has 4 rings (SSSR count). The third kappa shape index (κ3) is 6.03. The number of rotatable bonds is 9. The van der Waals surface area contributed by atoms with E-state index in [0.717, 1.165) is 50.0 Å². The van der Waals surface area contributed by atoms with Gasteiger partial charge in [0.2, 0.25) is 0 Å². The lowest BCUT2D eigenvalue weighted by molar-refractivity contribution is 0.0743. The standard InChI is InChI=1S/C28H39N3O3/c1-22-9-14-27(33-3)26(21-22)28(32)31-18-16-30(17-19-31)24-10-12-25(13-11-24)34-20-6-15-29(2)23-7-4-5-8-23/h9-14,21,23H,4-8,15-20H2,1-3H3. The van der Waals surface area contributed by atoms with Crippen molar-refractivity contribution in [2.24, 2.45) is 0 Å². The molecular weight excluding hydrogens is 426 g/mol. The zero-order chi connectivity index (χ0) is 23.9. The minimum atomic E-state index is 0.0440. The highest BCUT2D eigenvalue weighted by atomic mass is 16.5. The summed E-state index contributed by atoms with van der Waals surface area (Å²) in [5, 5.41) is 0. The second-order valence-corrected chi connectivity index (χ2v) is 9.60. The van der Waals surface area contributed by atoms with Crippen molar-refractivity contribution in [3.05, 3.63) is 53.6 Å². The van der Waals surface area contributed by atoms with Crippen LogP contribution in [0.1, 0.15) is 48.0 Å². The molecule has 2 aliphatic rings. The number of benzene rings is 2. The molecule has 6 heteroatoms. The van der Waals surface area contributed by atoms with Gasteiger partial charge < -0.3 is 24.2 Å². The third-order valence-corrected chi connectivity index (χ3v) is 7.23. The molecule has 1 aliphatic heterocycles. The van der Waals surface area contributed by atoms with Crippen molar-refractivity contribution in [3.8, 4) is 11.5 Å². The average molecular weight is 466 g/mol. The Balaban J connectivity index is 1.22. The Morgan fingerprint density at radius 3 is 2.41 bits per heavy atom. The molecule has 0 bridgehead atoms. The highest BCUT2D eigenvalue weighted by Gasteiger charge is 2.24. The number of carbonyl (C=O) groups is 1. The molecule has 1 heterocycles. The summed E-state index contributed by atoms with van der Waals surface area (Å²) in [7, 11) is 3.86. The van der Waals surface area contributed by atoms with Crippen molar-refractivity contribution in [2.75, 3.05) is 58.4 Å². The number of amides is 1. The number of hydrogen-bond acceptors (Lipinski definition) is 5. The SMILES string of the molecule is COc1ccc(C)cc1C(=O)N1CCN(c2ccc(OCCCN(C)C3CCCC3)cc2)CC1. The maximum Gasteiger partial charge on any atom is 0.257 e. The van der Waals surface area contributed by atoms with Crippen molar-refractivity contribution >= 4 is 11.6 Å². The first kappa shape index (κ1) is 24.4. The summed E-state index contributed by atoms with van der Waals surface area (Å²) >= 11 is 0. The molecule has 1 saturated heterocycles. The van der Waals surface area contributed by atoms with Gasteiger partial charge in [-0.2, -0.15) is 0 Å². The molecule has 1 amide bonds. The minimum absolute atomic E-state index is 0.0440. The number of hydrogen-bond donors (Lipinski definition) is 0. The molecule has 2 aromatic carbocycles. The van der Waals surface area contributed by atoms with Gasteiger partial charge in [-0.25, -0.2) is 0 Å². The van der Waals surface area contributed by atoms with E-state index in [4.69, 9.17) is 9.47 Å². The Bertz CT molecular complexity index is 932. The number of nitrogens with zero attached hydrogens (tertiary/aromatic N) is 3. The number of anilines is 1. The minimum Gasteiger partial charge on any atom is -0.496 e.